The Labute approximate surface area is 129 Å². The van der Waals surface area contributed by atoms with Crippen LogP contribution in [-0.2, 0) is 13.8 Å². The highest BCUT2D eigenvalue weighted by molar-refractivity contribution is 7.46. The lowest BCUT2D eigenvalue weighted by Gasteiger charge is -2.16. The molecule has 23 heavy (non-hydrogen) atoms. The van der Waals surface area contributed by atoms with Crippen molar-refractivity contribution in [3.05, 3.63) is 23.0 Å². The lowest BCUT2D eigenvalue weighted by Crippen LogP contribution is -2.33. The third-order valence-electron chi connectivity index (χ3n) is 3.38. The Bertz CT molecular complexity index is 821. The van der Waals surface area contributed by atoms with E-state index in [0.29, 0.717) is 0 Å². The van der Waals surface area contributed by atoms with Crippen molar-refractivity contribution in [2.45, 2.75) is 24.5 Å². The highest BCUT2D eigenvalue weighted by Crippen LogP contribution is 2.38. The molecule has 0 unspecified atom stereocenters. The van der Waals surface area contributed by atoms with Crippen LogP contribution in [0.2, 0.25) is 0 Å². The Morgan fingerprint density at radius 1 is 1.39 bits per heavy atom. The second kappa shape index (κ2) is 5.76. The molecule has 2 aromatic heterocycles. The van der Waals surface area contributed by atoms with Crippen LogP contribution in [0.4, 0.5) is 0 Å². The molecule has 2 aromatic rings. The van der Waals surface area contributed by atoms with Gasteiger partial charge in [0.15, 0.2) is 17.4 Å². The molecule has 0 aromatic carbocycles. The molecule has 0 bridgehead atoms. The number of hydrogen-bond acceptors (Lipinski definition) is 8. The lowest BCUT2D eigenvalue weighted by atomic mass is 10.1. The van der Waals surface area contributed by atoms with E-state index in [1.807, 2.05) is 0 Å². The van der Waals surface area contributed by atoms with E-state index >= 15 is 0 Å². The zero-order chi connectivity index (χ0) is 16.8. The average Bonchev–Trinajstić information content (AvgIpc) is 3.01. The highest BCUT2D eigenvalue weighted by atomic mass is 31.2. The van der Waals surface area contributed by atoms with Gasteiger partial charge in [-0.3, -0.25) is 13.9 Å². The Morgan fingerprint density at radius 3 is 2.83 bits per heavy atom. The molecule has 128 valence electrons. The second-order valence-corrected chi connectivity index (χ2v) is 6.13. The molecule has 0 spiro atoms. The number of aromatic amines is 1. The number of phosphoric acid groups is 1. The normalized spacial score (nSPS) is 28.5. The van der Waals surface area contributed by atoms with E-state index in [0.717, 1.165) is 6.33 Å². The number of nitrogens with zero attached hydrogens (tertiary/aromatic N) is 3. The fraction of sp³-hybridized carbons (Fsp3) is 0.500. The van der Waals surface area contributed by atoms with Gasteiger partial charge in [0, 0.05) is 1.43 Å². The van der Waals surface area contributed by atoms with Gasteiger partial charge < -0.3 is 29.7 Å². The van der Waals surface area contributed by atoms with E-state index in [1.54, 1.807) is 0 Å². The molecule has 3 rings (SSSR count). The number of aliphatic hydroxyl groups excluding tert-OH is 2. The first kappa shape index (κ1) is 16.2. The summed E-state index contributed by atoms with van der Waals surface area (Å²) >= 11 is 0. The summed E-state index contributed by atoms with van der Waals surface area (Å²) in [5.41, 5.74) is -0.336. The predicted octanol–water partition coefficient (Wildman–Crippen LogP) is -1.91. The van der Waals surface area contributed by atoms with Crippen LogP contribution in [-0.4, -0.2) is 64.4 Å². The minimum absolute atomic E-state index is 0. The number of phosphoric ester groups is 1. The largest absolute Gasteiger partial charge is 0.469 e. The number of hydrogen-bond donors (Lipinski definition) is 5. The average molecular weight is 350 g/mol. The van der Waals surface area contributed by atoms with Crippen molar-refractivity contribution in [1.82, 2.24) is 19.5 Å². The molecular formula is C10H15N4O8P. The van der Waals surface area contributed by atoms with Gasteiger partial charge >= 0.3 is 7.82 Å². The Balaban J connectivity index is 0.00000208. The number of rotatable bonds is 4. The number of nitrogens with one attached hydrogen (secondary N) is 1. The standard InChI is InChI=1S/C10H13N4O8P.H2/c15-6-4(1-21-23(18,19)20)22-10(7(6)16)14-3-13-5-8(14)11-2-12-9(5)17;/h2-4,6-7,10,15-16H,1H2,(H,11,12,17)(H2,18,19,20);1H/t4-,6-,7-,10-;/m1./s1. The Hall–Kier alpha value is -1.66. The summed E-state index contributed by atoms with van der Waals surface area (Å²) in [6, 6.07) is 0. The molecule has 0 aliphatic carbocycles. The van der Waals surface area contributed by atoms with Crippen molar-refractivity contribution < 1.29 is 35.3 Å². The van der Waals surface area contributed by atoms with Gasteiger partial charge in [-0.2, -0.15) is 0 Å². The summed E-state index contributed by atoms with van der Waals surface area (Å²) in [4.78, 5) is 39.1. The second-order valence-electron chi connectivity index (χ2n) is 4.89. The molecule has 1 saturated heterocycles. The number of imidazole rings is 1. The maximum atomic E-state index is 11.6. The number of aliphatic hydroxyl groups is 2. The molecule has 1 aliphatic heterocycles. The molecule has 0 radical (unpaired) electrons. The zero-order valence-corrected chi connectivity index (χ0v) is 12.3. The third-order valence-corrected chi connectivity index (χ3v) is 3.87. The van der Waals surface area contributed by atoms with E-state index in [2.05, 4.69) is 19.5 Å². The fourth-order valence-corrected chi connectivity index (χ4v) is 2.66. The van der Waals surface area contributed by atoms with Gasteiger partial charge in [0.25, 0.3) is 5.56 Å². The van der Waals surface area contributed by atoms with E-state index in [-0.39, 0.29) is 12.6 Å². The molecule has 3 heterocycles. The monoisotopic (exact) mass is 350 g/mol. The number of ether oxygens (including phenoxy) is 1. The SMILES string of the molecule is O=c1[nH]cnc2c1ncn2[C@@H]1O[C@H](COP(=O)(O)O)[C@@H](O)[C@H]1O.[HH]. The molecular weight excluding hydrogens is 335 g/mol. The summed E-state index contributed by atoms with van der Waals surface area (Å²) in [7, 11) is -4.74. The number of fused-ring (bicyclic) bond motifs is 1. The van der Waals surface area contributed by atoms with Gasteiger partial charge in [-0.25, -0.2) is 14.5 Å². The highest BCUT2D eigenvalue weighted by Gasteiger charge is 2.45. The van der Waals surface area contributed by atoms with Crippen LogP contribution >= 0.6 is 7.82 Å². The maximum Gasteiger partial charge on any atom is 0.469 e. The van der Waals surface area contributed by atoms with Gasteiger partial charge in [0.2, 0.25) is 0 Å². The summed E-state index contributed by atoms with van der Waals surface area (Å²) < 4.78 is 21.6. The van der Waals surface area contributed by atoms with Crippen molar-refractivity contribution in [2.75, 3.05) is 6.61 Å². The van der Waals surface area contributed by atoms with Crippen molar-refractivity contribution in [3.63, 3.8) is 0 Å². The van der Waals surface area contributed by atoms with Crippen LogP contribution in [0.25, 0.3) is 11.2 Å². The molecule has 12 nitrogen and oxygen atoms in total. The fourth-order valence-electron chi connectivity index (χ4n) is 2.32. The number of aromatic nitrogens is 4. The van der Waals surface area contributed by atoms with Crippen molar-refractivity contribution in [3.8, 4) is 0 Å². The zero-order valence-electron chi connectivity index (χ0n) is 11.4. The van der Waals surface area contributed by atoms with Gasteiger partial charge in [-0.15, -0.1) is 0 Å². The predicted molar refractivity (Wildman–Crippen MR) is 74.2 cm³/mol. The smallest absolute Gasteiger partial charge is 0.387 e. The minimum Gasteiger partial charge on any atom is -0.387 e. The summed E-state index contributed by atoms with van der Waals surface area (Å²) in [5.74, 6) is 0. The van der Waals surface area contributed by atoms with Gasteiger partial charge in [-0.05, 0) is 0 Å². The molecule has 1 fully saturated rings. The quantitative estimate of drug-likeness (QED) is 0.391. The van der Waals surface area contributed by atoms with Gasteiger partial charge in [0.05, 0.1) is 19.3 Å². The minimum atomic E-state index is -4.74. The third kappa shape index (κ3) is 3.05. The molecule has 13 heteroatoms. The first-order valence-corrected chi connectivity index (χ1v) is 7.93. The maximum absolute atomic E-state index is 11.6. The van der Waals surface area contributed by atoms with E-state index in [1.165, 1.54) is 10.9 Å². The molecule has 0 saturated carbocycles. The topological polar surface area (TPSA) is 180 Å². The van der Waals surface area contributed by atoms with Crippen molar-refractivity contribution in [2.24, 2.45) is 0 Å². The van der Waals surface area contributed by atoms with E-state index < -0.39 is 44.5 Å². The Kier molecular flexibility index (Phi) is 4.06. The van der Waals surface area contributed by atoms with Gasteiger partial charge in [0.1, 0.15) is 18.3 Å². The molecule has 4 atom stereocenters. The van der Waals surface area contributed by atoms with Crippen LogP contribution in [0.3, 0.4) is 0 Å². The first-order chi connectivity index (χ1) is 10.8. The van der Waals surface area contributed by atoms with Crippen LogP contribution in [0.5, 0.6) is 0 Å². The van der Waals surface area contributed by atoms with Crippen LogP contribution in [0.1, 0.15) is 7.65 Å². The van der Waals surface area contributed by atoms with E-state index in [4.69, 9.17) is 14.5 Å². The first-order valence-electron chi connectivity index (χ1n) is 6.40. The summed E-state index contributed by atoms with van der Waals surface area (Å²) in [6.45, 7) is -0.625. The summed E-state index contributed by atoms with van der Waals surface area (Å²) in [6.07, 6.45) is -2.85. The van der Waals surface area contributed by atoms with Crippen molar-refractivity contribution in [1.29, 1.82) is 0 Å². The number of H-pyrrole nitrogens is 1. The van der Waals surface area contributed by atoms with Crippen LogP contribution < -0.4 is 5.56 Å². The van der Waals surface area contributed by atoms with Crippen LogP contribution in [0, 0.1) is 0 Å². The lowest BCUT2D eigenvalue weighted by molar-refractivity contribution is -0.0504. The Morgan fingerprint density at radius 2 is 2.13 bits per heavy atom. The molecule has 1 aliphatic rings. The van der Waals surface area contributed by atoms with E-state index in [9.17, 15) is 19.6 Å². The molecule has 5 N–H and O–H groups in total. The molecule has 0 amide bonds. The van der Waals surface area contributed by atoms with Gasteiger partial charge in [-0.1, -0.05) is 0 Å². The van der Waals surface area contributed by atoms with Crippen molar-refractivity contribution >= 4 is 19.0 Å². The summed E-state index contributed by atoms with van der Waals surface area (Å²) in [5, 5.41) is 20.0. The van der Waals surface area contributed by atoms with Crippen LogP contribution in [0.15, 0.2) is 17.4 Å².